The second kappa shape index (κ2) is 3.96. The minimum atomic E-state index is 0.370. The van der Waals surface area contributed by atoms with E-state index in [4.69, 9.17) is 0 Å². The first-order valence-electron chi connectivity index (χ1n) is 5.99. The van der Waals surface area contributed by atoms with Crippen LogP contribution in [-0.2, 0) is 6.54 Å². The first-order chi connectivity index (χ1) is 8.24. The Morgan fingerprint density at radius 2 is 2.24 bits per heavy atom. The van der Waals surface area contributed by atoms with Gasteiger partial charge in [0.2, 0.25) is 0 Å². The van der Waals surface area contributed by atoms with Gasteiger partial charge in [-0.2, -0.15) is 5.10 Å². The molecule has 0 aromatic carbocycles. The lowest BCUT2D eigenvalue weighted by atomic mass is 10.1. The number of aryl methyl sites for hydroxylation is 1. The van der Waals surface area contributed by atoms with Gasteiger partial charge in [0, 0.05) is 18.3 Å². The molecule has 0 amide bonds. The highest BCUT2D eigenvalue weighted by Gasteiger charge is 2.18. The zero-order valence-electron chi connectivity index (χ0n) is 10.1. The summed E-state index contributed by atoms with van der Waals surface area (Å²) in [6.45, 7) is 6.09. The Labute approximate surface area is 101 Å². The summed E-state index contributed by atoms with van der Waals surface area (Å²) in [5, 5.41) is 8.06. The molecular weight excluding hydrogens is 212 g/mol. The highest BCUT2D eigenvalue weighted by molar-refractivity contribution is 5.54. The summed E-state index contributed by atoms with van der Waals surface area (Å²) in [6.07, 6.45) is 0. The molecule has 17 heavy (non-hydrogen) atoms. The fourth-order valence-corrected chi connectivity index (χ4v) is 2.26. The number of rotatable bonds is 1. The van der Waals surface area contributed by atoms with Crippen LogP contribution in [0.4, 0.5) is 0 Å². The molecule has 4 nitrogen and oxygen atoms in total. The molecule has 0 radical (unpaired) electrons. The summed E-state index contributed by atoms with van der Waals surface area (Å²) in [5.41, 5.74) is 4.20. The number of hydrogen-bond donors (Lipinski definition) is 1. The SMILES string of the molecule is Cc1cccc(-c2cc3n(n2)CCNC3C)n1. The van der Waals surface area contributed by atoms with Crippen molar-refractivity contribution in [2.45, 2.75) is 26.4 Å². The molecule has 0 fully saturated rings. The Bertz CT molecular complexity index is 544. The Balaban J connectivity index is 2.05. The van der Waals surface area contributed by atoms with Crippen LogP contribution in [-0.4, -0.2) is 21.3 Å². The van der Waals surface area contributed by atoms with E-state index in [9.17, 15) is 0 Å². The molecule has 1 N–H and O–H groups in total. The van der Waals surface area contributed by atoms with Crippen molar-refractivity contribution < 1.29 is 0 Å². The molecule has 0 bridgehead atoms. The van der Waals surface area contributed by atoms with E-state index in [1.807, 2.05) is 25.1 Å². The zero-order chi connectivity index (χ0) is 11.8. The molecule has 0 aliphatic carbocycles. The summed E-state index contributed by atoms with van der Waals surface area (Å²) in [6, 6.07) is 8.55. The molecular formula is C13H16N4. The van der Waals surface area contributed by atoms with E-state index in [0.29, 0.717) is 6.04 Å². The van der Waals surface area contributed by atoms with Gasteiger partial charge in [-0.3, -0.25) is 9.67 Å². The second-order valence-corrected chi connectivity index (χ2v) is 4.52. The Kier molecular flexibility index (Phi) is 2.44. The van der Waals surface area contributed by atoms with E-state index in [2.05, 4.69) is 33.1 Å². The van der Waals surface area contributed by atoms with E-state index in [1.54, 1.807) is 0 Å². The minimum absolute atomic E-state index is 0.370. The first kappa shape index (κ1) is 10.5. The van der Waals surface area contributed by atoms with E-state index < -0.39 is 0 Å². The second-order valence-electron chi connectivity index (χ2n) is 4.52. The summed E-state index contributed by atoms with van der Waals surface area (Å²) in [5.74, 6) is 0. The van der Waals surface area contributed by atoms with Crippen LogP contribution >= 0.6 is 0 Å². The van der Waals surface area contributed by atoms with Crippen LogP contribution < -0.4 is 5.32 Å². The molecule has 0 saturated heterocycles. The van der Waals surface area contributed by atoms with Gasteiger partial charge < -0.3 is 5.32 Å². The lowest BCUT2D eigenvalue weighted by molar-refractivity contribution is 0.420. The van der Waals surface area contributed by atoms with Crippen LogP contribution in [0.15, 0.2) is 24.3 Å². The summed E-state index contributed by atoms with van der Waals surface area (Å²) >= 11 is 0. The molecule has 1 atom stereocenters. The van der Waals surface area contributed by atoms with Crippen molar-refractivity contribution in [3.63, 3.8) is 0 Å². The van der Waals surface area contributed by atoms with Crippen LogP contribution in [0.3, 0.4) is 0 Å². The molecule has 0 saturated carbocycles. The van der Waals surface area contributed by atoms with Gasteiger partial charge in [0.1, 0.15) is 5.69 Å². The summed E-state index contributed by atoms with van der Waals surface area (Å²) in [4.78, 5) is 4.52. The predicted molar refractivity (Wildman–Crippen MR) is 66.6 cm³/mol. The monoisotopic (exact) mass is 228 g/mol. The molecule has 3 heterocycles. The van der Waals surface area contributed by atoms with Crippen LogP contribution in [0.5, 0.6) is 0 Å². The van der Waals surface area contributed by atoms with Crippen LogP contribution in [0.1, 0.15) is 24.4 Å². The maximum atomic E-state index is 4.63. The third-order valence-corrected chi connectivity index (χ3v) is 3.18. The fraction of sp³-hybridized carbons (Fsp3) is 0.385. The lowest BCUT2D eigenvalue weighted by Crippen LogP contribution is -2.31. The number of nitrogens with one attached hydrogen (secondary N) is 1. The third kappa shape index (κ3) is 1.85. The average molecular weight is 228 g/mol. The van der Waals surface area contributed by atoms with E-state index >= 15 is 0 Å². The number of aromatic nitrogens is 3. The largest absolute Gasteiger partial charge is 0.307 e. The third-order valence-electron chi connectivity index (χ3n) is 3.18. The van der Waals surface area contributed by atoms with Crippen molar-refractivity contribution in [1.29, 1.82) is 0 Å². The Morgan fingerprint density at radius 3 is 3.00 bits per heavy atom. The number of nitrogens with zero attached hydrogens (tertiary/aromatic N) is 3. The minimum Gasteiger partial charge on any atom is -0.307 e. The zero-order valence-corrected chi connectivity index (χ0v) is 10.1. The van der Waals surface area contributed by atoms with E-state index in [-0.39, 0.29) is 0 Å². The maximum absolute atomic E-state index is 4.63. The van der Waals surface area contributed by atoms with Crippen molar-refractivity contribution in [1.82, 2.24) is 20.1 Å². The van der Waals surface area contributed by atoms with Crippen molar-refractivity contribution >= 4 is 0 Å². The van der Waals surface area contributed by atoms with Gasteiger partial charge in [0.15, 0.2) is 0 Å². The molecule has 3 rings (SSSR count). The van der Waals surface area contributed by atoms with Crippen molar-refractivity contribution in [2.75, 3.05) is 6.54 Å². The average Bonchev–Trinajstić information content (AvgIpc) is 2.74. The first-order valence-corrected chi connectivity index (χ1v) is 5.99. The predicted octanol–water partition coefficient (Wildman–Crippen LogP) is 1.92. The van der Waals surface area contributed by atoms with Crippen LogP contribution in [0.2, 0.25) is 0 Å². The molecule has 0 spiro atoms. The smallest absolute Gasteiger partial charge is 0.111 e. The Hall–Kier alpha value is -1.68. The lowest BCUT2D eigenvalue weighted by Gasteiger charge is -2.21. The molecule has 2 aromatic heterocycles. The van der Waals surface area contributed by atoms with Crippen LogP contribution in [0, 0.1) is 6.92 Å². The highest BCUT2D eigenvalue weighted by Crippen LogP contribution is 2.23. The maximum Gasteiger partial charge on any atom is 0.111 e. The standard InChI is InChI=1S/C13H16N4/c1-9-4-3-5-11(15-9)12-8-13-10(2)14-6-7-17(13)16-12/h3-5,8,10,14H,6-7H2,1-2H3. The summed E-state index contributed by atoms with van der Waals surface area (Å²) in [7, 11) is 0. The molecule has 1 aliphatic rings. The van der Waals surface area contributed by atoms with Gasteiger partial charge in [0.05, 0.1) is 17.9 Å². The van der Waals surface area contributed by atoms with Gasteiger partial charge in [0.25, 0.3) is 0 Å². The number of hydrogen-bond acceptors (Lipinski definition) is 3. The fourth-order valence-electron chi connectivity index (χ4n) is 2.26. The Morgan fingerprint density at radius 1 is 1.35 bits per heavy atom. The molecule has 1 unspecified atom stereocenters. The van der Waals surface area contributed by atoms with Gasteiger partial charge >= 0.3 is 0 Å². The number of fused-ring (bicyclic) bond motifs is 1. The molecule has 4 heteroatoms. The van der Waals surface area contributed by atoms with Crippen LogP contribution in [0.25, 0.3) is 11.4 Å². The molecule has 2 aromatic rings. The van der Waals surface area contributed by atoms with Gasteiger partial charge in [-0.15, -0.1) is 0 Å². The summed E-state index contributed by atoms with van der Waals surface area (Å²) < 4.78 is 2.08. The normalized spacial score (nSPS) is 19.1. The van der Waals surface area contributed by atoms with Gasteiger partial charge in [-0.05, 0) is 32.0 Å². The highest BCUT2D eigenvalue weighted by atomic mass is 15.3. The van der Waals surface area contributed by atoms with Crippen molar-refractivity contribution in [3.05, 3.63) is 35.7 Å². The molecule has 1 aliphatic heterocycles. The van der Waals surface area contributed by atoms with Gasteiger partial charge in [-0.25, -0.2) is 0 Å². The topological polar surface area (TPSA) is 42.7 Å². The van der Waals surface area contributed by atoms with Crippen molar-refractivity contribution in [2.24, 2.45) is 0 Å². The van der Waals surface area contributed by atoms with Gasteiger partial charge in [-0.1, -0.05) is 6.07 Å². The molecule has 88 valence electrons. The number of pyridine rings is 1. The van der Waals surface area contributed by atoms with E-state index in [1.165, 1.54) is 5.69 Å². The van der Waals surface area contributed by atoms with Crippen molar-refractivity contribution in [3.8, 4) is 11.4 Å². The quantitative estimate of drug-likeness (QED) is 0.811. The van der Waals surface area contributed by atoms with E-state index in [0.717, 1.165) is 30.2 Å².